The fraction of sp³-hybridized carbons (Fsp3) is 0.444. The molecule has 156 valence electrons. The summed E-state index contributed by atoms with van der Waals surface area (Å²) in [5.41, 5.74) is 2.34. The number of rotatable bonds is 5. The van der Waals surface area contributed by atoms with Gasteiger partial charge in [-0.3, -0.25) is 9.67 Å². The summed E-state index contributed by atoms with van der Waals surface area (Å²) in [6, 6.07) is 0.110. The molecular formula is C18H24F4IN5. The fourth-order valence-corrected chi connectivity index (χ4v) is 2.85. The molecule has 2 rings (SSSR count). The minimum Gasteiger partial charge on any atom is -0.354 e. The van der Waals surface area contributed by atoms with Gasteiger partial charge < -0.3 is 10.6 Å². The van der Waals surface area contributed by atoms with Crippen molar-refractivity contribution >= 4 is 29.9 Å². The summed E-state index contributed by atoms with van der Waals surface area (Å²) in [4.78, 5) is 3.98. The maximum Gasteiger partial charge on any atom is 0.191 e. The number of aromatic nitrogens is 2. The number of benzene rings is 1. The highest BCUT2D eigenvalue weighted by atomic mass is 127. The Balaban J connectivity index is 0.00000392. The Labute approximate surface area is 178 Å². The SMILES string of the molecule is CN=C(NCc1c(F)c(F)cc(F)c1F)NC(C)Cc1c(C)nn(C)c1C.I. The highest BCUT2D eigenvalue weighted by molar-refractivity contribution is 14.0. The molecule has 0 aliphatic rings. The second-order valence-corrected chi connectivity index (χ2v) is 6.39. The van der Waals surface area contributed by atoms with E-state index in [1.165, 1.54) is 7.05 Å². The van der Waals surface area contributed by atoms with Crippen LogP contribution >= 0.6 is 24.0 Å². The van der Waals surface area contributed by atoms with E-state index in [0.717, 1.165) is 17.0 Å². The van der Waals surface area contributed by atoms with Gasteiger partial charge in [0.15, 0.2) is 29.2 Å². The molecule has 1 atom stereocenters. The number of nitrogens with zero attached hydrogens (tertiary/aromatic N) is 3. The smallest absolute Gasteiger partial charge is 0.191 e. The molecule has 1 aromatic carbocycles. The molecule has 28 heavy (non-hydrogen) atoms. The Morgan fingerprint density at radius 3 is 2.18 bits per heavy atom. The van der Waals surface area contributed by atoms with Gasteiger partial charge in [0.1, 0.15) is 0 Å². The van der Waals surface area contributed by atoms with E-state index < -0.39 is 35.4 Å². The summed E-state index contributed by atoms with van der Waals surface area (Å²) < 4.78 is 55.9. The molecule has 0 aliphatic heterocycles. The van der Waals surface area contributed by atoms with Gasteiger partial charge in [-0.1, -0.05) is 0 Å². The summed E-state index contributed by atoms with van der Waals surface area (Å²) in [5.74, 6) is -5.47. The zero-order valence-corrected chi connectivity index (χ0v) is 18.7. The van der Waals surface area contributed by atoms with Crippen LogP contribution in [0.5, 0.6) is 0 Å². The standard InChI is InChI=1S/C18H23F4N5.HI/c1-9(6-12-10(2)26-27(5)11(12)3)25-18(23-4)24-8-13-16(21)14(19)7-15(20)17(13)22;/h7,9H,6,8H2,1-5H3,(H2,23,24,25);1H. The molecule has 0 amide bonds. The van der Waals surface area contributed by atoms with E-state index in [1.807, 2.05) is 27.8 Å². The third-order valence-corrected chi connectivity index (χ3v) is 4.41. The van der Waals surface area contributed by atoms with Crippen molar-refractivity contribution in [3.05, 3.63) is 51.9 Å². The van der Waals surface area contributed by atoms with Crippen molar-refractivity contribution in [2.24, 2.45) is 12.0 Å². The topological polar surface area (TPSA) is 54.2 Å². The molecule has 0 saturated carbocycles. The summed E-state index contributed by atoms with van der Waals surface area (Å²) in [6.45, 7) is 5.36. The molecule has 0 bridgehead atoms. The highest BCUT2D eigenvalue weighted by Crippen LogP contribution is 2.19. The molecule has 5 nitrogen and oxygen atoms in total. The lowest BCUT2D eigenvalue weighted by atomic mass is 10.1. The Bertz CT molecular complexity index is 840. The minimum atomic E-state index is -1.44. The van der Waals surface area contributed by atoms with Crippen molar-refractivity contribution in [1.29, 1.82) is 0 Å². The van der Waals surface area contributed by atoms with Crippen molar-refractivity contribution in [3.63, 3.8) is 0 Å². The molecule has 2 aromatic rings. The normalized spacial score (nSPS) is 12.5. The van der Waals surface area contributed by atoms with Crippen LogP contribution < -0.4 is 10.6 Å². The van der Waals surface area contributed by atoms with E-state index in [4.69, 9.17) is 0 Å². The molecule has 1 heterocycles. The predicted molar refractivity (Wildman–Crippen MR) is 111 cm³/mol. The second-order valence-electron chi connectivity index (χ2n) is 6.39. The molecule has 10 heteroatoms. The monoisotopic (exact) mass is 513 g/mol. The molecule has 2 N–H and O–H groups in total. The Hall–Kier alpha value is -1.85. The van der Waals surface area contributed by atoms with Gasteiger partial charge in [-0.2, -0.15) is 5.10 Å². The summed E-state index contributed by atoms with van der Waals surface area (Å²) >= 11 is 0. The van der Waals surface area contributed by atoms with Crippen LogP contribution in [0.2, 0.25) is 0 Å². The van der Waals surface area contributed by atoms with Gasteiger partial charge in [0.25, 0.3) is 0 Å². The average molecular weight is 513 g/mol. The van der Waals surface area contributed by atoms with E-state index in [-0.39, 0.29) is 42.0 Å². The molecule has 0 spiro atoms. The van der Waals surface area contributed by atoms with E-state index in [0.29, 0.717) is 6.42 Å². The lowest BCUT2D eigenvalue weighted by molar-refractivity contribution is 0.436. The maximum absolute atomic E-state index is 13.7. The van der Waals surface area contributed by atoms with Crippen LogP contribution in [0.1, 0.15) is 29.4 Å². The van der Waals surface area contributed by atoms with Gasteiger partial charge in [0.2, 0.25) is 0 Å². The van der Waals surface area contributed by atoms with Crippen molar-refractivity contribution in [2.45, 2.75) is 39.8 Å². The van der Waals surface area contributed by atoms with Crippen molar-refractivity contribution in [1.82, 2.24) is 20.4 Å². The maximum atomic E-state index is 13.7. The Morgan fingerprint density at radius 2 is 1.71 bits per heavy atom. The largest absolute Gasteiger partial charge is 0.354 e. The zero-order valence-electron chi connectivity index (χ0n) is 16.3. The number of aliphatic imine (C=N–C) groups is 1. The molecular weight excluding hydrogens is 489 g/mol. The number of guanidine groups is 1. The van der Waals surface area contributed by atoms with E-state index in [1.54, 1.807) is 4.68 Å². The third kappa shape index (κ3) is 5.36. The van der Waals surface area contributed by atoms with Gasteiger partial charge in [-0.25, -0.2) is 17.6 Å². The molecule has 1 aromatic heterocycles. The first-order chi connectivity index (χ1) is 12.6. The van der Waals surface area contributed by atoms with Crippen LogP contribution in [-0.2, 0) is 20.0 Å². The van der Waals surface area contributed by atoms with Crippen LogP contribution in [0, 0.1) is 37.1 Å². The van der Waals surface area contributed by atoms with Crippen LogP contribution in [0.3, 0.4) is 0 Å². The quantitative estimate of drug-likeness (QED) is 0.212. The van der Waals surface area contributed by atoms with Crippen LogP contribution in [-0.4, -0.2) is 28.8 Å². The third-order valence-electron chi connectivity index (χ3n) is 4.41. The first-order valence-electron chi connectivity index (χ1n) is 8.43. The number of halogens is 5. The van der Waals surface area contributed by atoms with Gasteiger partial charge in [0, 0.05) is 44.0 Å². The van der Waals surface area contributed by atoms with E-state index in [9.17, 15) is 17.6 Å². The lowest BCUT2D eigenvalue weighted by Crippen LogP contribution is -2.43. The molecule has 0 fully saturated rings. The van der Waals surface area contributed by atoms with Gasteiger partial charge >= 0.3 is 0 Å². The first-order valence-corrected chi connectivity index (χ1v) is 8.43. The molecule has 0 saturated heterocycles. The number of aryl methyl sites for hydroxylation is 2. The second kappa shape index (κ2) is 10.1. The van der Waals surface area contributed by atoms with Crippen LogP contribution in [0.4, 0.5) is 17.6 Å². The predicted octanol–water partition coefficient (Wildman–Crippen LogP) is 3.51. The average Bonchev–Trinajstić information content (AvgIpc) is 2.85. The summed E-state index contributed by atoms with van der Waals surface area (Å²) in [7, 11) is 3.35. The van der Waals surface area contributed by atoms with Crippen molar-refractivity contribution in [2.75, 3.05) is 7.05 Å². The lowest BCUT2D eigenvalue weighted by Gasteiger charge is -2.18. The van der Waals surface area contributed by atoms with Crippen molar-refractivity contribution in [3.8, 4) is 0 Å². The summed E-state index contributed by atoms with van der Waals surface area (Å²) in [6.07, 6.45) is 0.656. The van der Waals surface area contributed by atoms with Gasteiger partial charge in [-0.05, 0) is 32.8 Å². The molecule has 1 unspecified atom stereocenters. The Morgan fingerprint density at radius 1 is 1.14 bits per heavy atom. The zero-order chi connectivity index (χ0) is 20.3. The fourth-order valence-electron chi connectivity index (χ4n) is 2.85. The number of nitrogens with one attached hydrogen (secondary N) is 2. The van der Waals surface area contributed by atoms with Gasteiger partial charge in [-0.15, -0.1) is 24.0 Å². The van der Waals surface area contributed by atoms with E-state index in [2.05, 4.69) is 20.7 Å². The molecule has 0 radical (unpaired) electrons. The Kier molecular flexibility index (Phi) is 8.71. The highest BCUT2D eigenvalue weighted by Gasteiger charge is 2.19. The summed E-state index contributed by atoms with van der Waals surface area (Å²) in [5, 5.41) is 10.1. The number of hydrogen-bond acceptors (Lipinski definition) is 2. The molecule has 0 aliphatic carbocycles. The van der Waals surface area contributed by atoms with Crippen molar-refractivity contribution < 1.29 is 17.6 Å². The van der Waals surface area contributed by atoms with Crippen LogP contribution in [0.25, 0.3) is 0 Å². The minimum absolute atomic E-state index is 0. The first kappa shape index (κ1) is 24.2. The van der Waals surface area contributed by atoms with Gasteiger partial charge in [0.05, 0.1) is 5.69 Å². The van der Waals surface area contributed by atoms with Crippen LogP contribution in [0.15, 0.2) is 11.1 Å². The van der Waals surface area contributed by atoms with E-state index >= 15 is 0 Å². The number of hydrogen-bond donors (Lipinski definition) is 2.